The summed E-state index contributed by atoms with van der Waals surface area (Å²) in [5, 5.41) is 4.38. The number of anilines is 1. The van der Waals surface area contributed by atoms with Gasteiger partial charge in [-0.3, -0.25) is 29.1 Å². The van der Waals surface area contributed by atoms with Gasteiger partial charge in [-0.15, -0.1) is 0 Å². The first kappa shape index (κ1) is 18.6. The van der Waals surface area contributed by atoms with Gasteiger partial charge in [-0.2, -0.15) is 5.10 Å². The van der Waals surface area contributed by atoms with Crippen molar-refractivity contribution < 1.29 is 9.59 Å². The minimum atomic E-state index is -0.123. The van der Waals surface area contributed by atoms with E-state index >= 15 is 0 Å². The summed E-state index contributed by atoms with van der Waals surface area (Å²) in [5.74, 6) is 1.03. The molecular formula is C20H26N6O2. The number of piperidine rings is 1. The molecule has 1 atom stereocenters. The van der Waals surface area contributed by atoms with Gasteiger partial charge in [0.25, 0.3) is 5.91 Å². The van der Waals surface area contributed by atoms with Crippen molar-refractivity contribution in [2.24, 2.45) is 7.05 Å². The number of amides is 2. The maximum Gasteiger partial charge on any atom is 0.254 e. The van der Waals surface area contributed by atoms with E-state index in [1.54, 1.807) is 29.2 Å². The number of rotatable bonds is 3. The first-order valence-electron chi connectivity index (χ1n) is 9.80. The summed E-state index contributed by atoms with van der Waals surface area (Å²) in [7, 11) is 1.88. The molecule has 0 saturated carbocycles. The van der Waals surface area contributed by atoms with Crippen LogP contribution in [0.1, 0.15) is 28.9 Å². The van der Waals surface area contributed by atoms with Gasteiger partial charge in [-0.05, 0) is 31.9 Å². The van der Waals surface area contributed by atoms with Crippen LogP contribution in [0, 0.1) is 6.92 Å². The fourth-order valence-electron chi connectivity index (χ4n) is 4.19. The Balaban J connectivity index is 1.41. The normalized spacial score (nSPS) is 21.2. The smallest absolute Gasteiger partial charge is 0.254 e. The lowest BCUT2D eigenvalue weighted by molar-refractivity contribution is -0.126. The van der Waals surface area contributed by atoms with E-state index < -0.39 is 0 Å². The number of piperazine rings is 1. The first-order chi connectivity index (χ1) is 13.5. The molecule has 2 fully saturated rings. The van der Waals surface area contributed by atoms with Gasteiger partial charge in [0.1, 0.15) is 5.82 Å². The van der Waals surface area contributed by atoms with Crippen LogP contribution >= 0.6 is 0 Å². The van der Waals surface area contributed by atoms with E-state index in [2.05, 4.69) is 15.0 Å². The highest BCUT2D eigenvalue weighted by Gasteiger charge is 2.36. The fraction of sp³-hybridized carbons (Fsp3) is 0.500. The zero-order chi connectivity index (χ0) is 19.7. The molecule has 8 heteroatoms. The van der Waals surface area contributed by atoms with Gasteiger partial charge in [0.2, 0.25) is 5.91 Å². The lowest BCUT2D eigenvalue weighted by Crippen LogP contribution is -2.58. The van der Waals surface area contributed by atoms with Crippen LogP contribution < -0.4 is 4.90 Å². The van der Waals surface area contributed by atoms with E-state index in [0.717, 1.165) is 30.9 Å². The molecule has 2 saturated heterocycles. The molecule has 2 aliphatic heterocycles. The molecule has 2 aromatic heterocycles. The maximum absolute atomic E-state index is 13.2. The van der Waals surface area contributed by atoms with E-state index in [1.807, 2.05) is 29.8 Å². The van der Waals surface area contributed by atoms with Crippen LogP contribution in [0.3, 0.4) is 0 Å². The van der Waals surface area contributed by atoms with Crippen LogP contribution in [0.4, 0.5) is 5.82 Å². The molecule has 2 aromatic rings. The van der Waals surface area contributed by atoms with Gasteiger partial charge in [0.15, 0.2) is 0 Å². The van der Waals surface area contributed by atoms with Crippen molar-refractivity contribution in [2.45, 2.75) is 25.8 Å². The molecule has 4 heterocycles. The minimum absolute atomic E-state index is 0.0315. The van der Waals surface area contributed by atoms with Crippen LogP contribution in [0.25, 0.3) is 0 Å². The summed E-state index contributed by atoms with van der Waals surface area (Å²) in [6.45, 7) is 5.37. The number of carbonyl (C=O) groups excluding carboxylic acids is 2. The van der Waals surface area contributed by atoms with Crippen LogP contribution in [0.2, 0.25) is 0 Å². The molecule has 0 bridgehead atoms. The highest BCUT2D eigenvalue weighted by Crippen LogP contribution is 2.25. The second kappa shape index (κ2) is 7.71. The summed E-state index contributed by atoms with van der Waals surface area (Å²) in [6.07, 6.45) is 5.11. The molecule has 4 rings (SSSR count). The van der Waals surface area contributed by atoms with Gasteiger partial charge in [-0.1, -0.05) is 0 Å². The van der Waals surface area contributed by atoms with Crippen molar-refractivity contribution in [1.82, 2.24) is 24.6 Å². The van der Waals surface area contributed by atoms with E-state index in [9.17, 15) is 9.59 Å². The van der Waals surface area contributed by atoms with E-state index in [1.165, 1.54) is 0 Å². The Kier molecular flexibility index (Phi) is 5.13. The molecule has 2 aliphatic rings. The fourth-order valence-corrected chi connectivity index (χ4v) is 4.19. The average Bonchev–Trinajstić information content (AvgIpc) is 3.06. The summed E-state index contributed by atoms with van der Waals surface area (Å²) in [4.78, 5) is 35.7. The number of aryl methyl sites for hydroxylation is 2. The maximum atomic E-state index is 13.2. The summed E-state index contributed by atoms with van der Waals surface area (Å²) in [5.41, 5.74) is 1.57. The summed E-state index contributed by atoms with van der Waals surface area (Å²) in [6, 6.07) is 5.33. The topological polar surface area (TPSA) is 74.6 Å². The van der Waals surface area contributed by atoms with Crippen molar-refractivity contribution in [3.8, 4) is 0 Å². The molecule has 0 spiro atoms. The van der Waals surface area contributed by atoms with Gasteiger partial charge in [-0.25, -0.2) is 0 Å². The number of nitrogens with zero attached hydrogens (tertiary/aromatic N) is 6. The third kappa shape index (κ3) is 3.52. The standard InChI is InChI=1S/C20H26N6O2/c1-15-14-18(23(2)22-15)26-9-3-4-17(20(26)28)24-10-12-25(13-11-24)19(27)16-5-7-21-8-6-16/h5-8,14,17H,3-4,9-13H2,1-2H3/t17-/m1/s1. The van der Waals surface area contributed by atoms with Crippen LogP contribution in [0.15, 0.2) is 30.6 Å². The van der Waals surface area contributed by atoms with Gasteiger partial charge < -0.3 is 4.90 Å². The summed E-state index contributed by atoms with van der Waals surface area (Å²) >= 11 is 0. The Morgan fingerprint density at radius 3 is 2.46 bits per heavy atom. The second-order valence-corrected chi connectivity index (χ2v) is 7.48. The molecule has 0 unspecified atom stereocenters. The zero-order valence-electron chi connectivity index (χ0n) is 16.4. The Morgan fingerprint density at radius 1 is 1.11 bits per heavy atom. The molecule has 148 valence electrons. The monoisotopic (exact) mass is 382 g/mol. The van der Waals surface area contributed by atoms with E-state index in [4.69, 9.17) is 0 Å². The average molecular weight is 382 g/mol. The van der Waals surface area contributed by atoms with Crippen molar-refractivity contribution in [3.05, 3.63) is 41.9 Å². The zero-order valence-corrected chi connectivity index (χ0v) is 16.4. The molecule has 0 aliphatic carbocycles. The van der Waals surface area contributed by atoms with Crippen molar-refractivity contribution >= 4 is 17.6 Å². The Labute approximate surface area is 164 Å². The third-order valence-electron chi connectivity index (χ3n) is 5.63. The van der Waals surface area contributed by atoms with Crippen LogP contribution in [-0.2, 0) is 11.8 Å². The van der Waals surface area contributed by atoms with Crippen molar-refractivity contribution in [2.75, 3.05) is 37.6 Å². The van der Waals surface area contributed by atoms with Gasteiger partial charge >= 0.3 is 0 Å². The van der Waals surface area contributed by atoms with Crippen molar-refractivity contribution in [1.29, 1.82) is 0 Å². The van der Waals surface area contributed by atoms with E-state index in [0.29, 0.717) is 31.7 Å². The lowest BCUT2D eigenvalue weighted by atomic mass is 10.0. The molecule has 0 N–H and O–H groups in total. The number of hydrogen-bond acceptors (Lipinski definition) is 5. The highest BCUT2D eigenvalue weighted by atomic mass is 16.2. The molecule has 2 amide bonds. The SMILES string of the molecule is Cc1cc(N2CCC[C@@H](N3CCN(C(=O)c4ccncc4)CC3)C2=O)n(C)n1. The Bertz CT molecular complexity index is 857. The Hall–Kier alpha value is -2.74. The predicted octanol–water partition coefficient (Wildman–Crippen LogP) is 1.08. The quantitative estimate of drug-likeness (QED) is 0.794. The van der Waals surface area contributed by atoms with Gasteiger partial charge in [0.05, 0.1) is 11.7 Å². The Morgan fingerprint density at radius 2 is 1.82 bits per heavy atom. The van der Waals surface area contributed by atoms with E-state index in [-0.39, 0.29) is 17.9 Å². The van der Waals surface area contributed by atoms with Crippen LogP contribution in [0.5, 0.6) is 0 Å². The number of carbonyl (C=O) groups is 2. The summed E-state index contributed by atoms with van der Waals surface area (Å²) < 4.78 is 1.78. The third-order valence-corrected chi connectivity index (χ3v) is 5.63. The molecule has 0 radical (unpaired) electrons. The largest absolute Gasteiger partial charge is 0.336 e. The number of aromatic nitrogens is 3. The van der Waals surface area contributed by atoms with Crippen molar-refractivity contribution in [3.63, 3.8) is 0 Å². The van der Waals surface area contributed by atoms with Gasteiger partial charge in [0, 0.05) is 63.8 Å². The lowest BCUT2D eigenvalue weighted by Gasteiger charge is -2.42. The molecule has 0 aromatic carbocycles. The molecular weight excluding hydrogens is 356 g/mol. The van der Waals surface area contributed by atoms with Crippen LogP contribution in [-0.4, -0.2) is 75.1 Å². The second-order valence-electron chi connectivity index (χ2n) is 7.48. The minimum Gasteiger partial charge on any atom is -0.336 e. The number of pyridine rings is 1. The highest BCUT2D eigenvalue weighted by molar-refractivity contribution is 5.97. The number of hydrogen-bond donors (Lipinski definition) is 0. The molecule has 8 nitrogen and oxygen atoms in total. The predicted molar refractivity (Wildman–Crippen MR) is 105 cm³/mol. The molecule has 28 heavy (non-hydrogen) atoms. The first-order valence-corrected chi connectivity index (χ1v) is 9.80.